The molecule has 0 atom stereocenters. The number of halogens is 4. The topological polar surface area (TPSA) is 34.1 Å². The summed E-state index contributed by atoms with van der Waals surface area (Å²) in [5.74, 6) is -6.50. The normalized spacial score (nSPS) is 10.7. The van der Waals surface area contributed by atoms with Crippen LogP contribution in [0.1, 0.15) is 11.1 Å². The van der Waals surface area contributed by atoms with E-state index in [9.17, 15) is 17.6 Å². The SMILES string of the molecule is COCc1ccccc1CNc1c(F)c(F)nc(F)c1F. The van der Waals surface area contributed by atoms with E-state index in [0.717, 1.165) is 5.56 Å². The lowest BCUT2D eigenvalue weighted by Gasteiger charge is -2.12. The zero-order chi connectivity index (χ0) is 15.4. The van der Waals surface area contributed by atoms with E-state index in [4.69, 9.17) is 4.74 Å². The fraction of sp³-hybridized carbons (Fsp3) is 0.214. The Bertz CT molecular complexity index is 623. The van der Waals surface area contributed by atoms with Crippen LogP contribution < -0.4 is 5.32 Å². The Labute approximate surface area is 118 Å². The molecule has 2 aromatic rings. The number of pyridine rings is 1. The number of ether oxygens (including phenoxy) is 1. The van der Waals surface area contributed by atoms with Gasteiger partial charge in [-0.15, -0.1) is 0 Å². The molecule has 3 nitrogen and oxygen atoms in total. The van der Waals surface area contributed by atoms with Gasteiger partial charge in [-0.1, -0.05) is 24.3 Å². The number of nitrogens with zero attached hydrogens (tertiary/aromatic N) is 1. The van der Waals surface area contributed by atoms with E-state index in [1.807, 2.05) is 0 Å². The predicted molar refractivity (Wildman–Crippen MR) is 68.6 cm³/mol. The lowest BCUT2D eigenvalue weighted by atomic mass is 10.1. The molecule has 0 aliphatic carbocycles. The molecule has 21 heavy (non-hydrogen) atoms. The van der Waals surface area contributed by atoms with Crippen molar-refractivity contribution in [1.29, 1.82) is 0 Å². The maximum absolute atomic E-state index is 13.5. The van der Waals surface area contributed by atoms with Crippen molar-refractivity contribution in [2.45, 2.75) is 13.2 Å². The van der Waals surface area contributed by atoms with Gasteiger partial charge >= 0.3 is 0 Å². The van der Waals surface area contributed by atoms with Gasteiger partial charge in [0.1, 0.15) is 5.69 Å². The molecule has 1 aromatic carbocycles. The first-order valence-corrected chi connectivity index (χ1v) is 6.04. The minimum atomic E-state index is -1.69. The number of benzene rings is 1. The highest BCUT2D eigenvalue weighted by Gasteiger charge is 2.20. The standard InChI is InChI=1S/C14H12F4N2O/c1-21-7-9-5-3-2-4-8(9)6-19-12-10(15)13(17)20-14(18)11(12)16/h2-5H,6-7H2,1H3,(H,19,20). The third-order valence-electron chi connectivity index (χ3n) is 2.87. The largest absolute Gasteiger partial charge is 0.380 e. The molecular weight excluding hydrogens is 288 g/mol. The van der Waals surface area contributed by atoms with Crippen LogP contribution >= 0.6 is 0 Å². The van der Waals surface area contributed by atoms with Crippen LogP contribution in [0.25, 0.3) is 0 Å². The van der Waals surface area contributed by atoms with Gasteiger partial charge in [0.15, 0.2) is 0 Å². The average Bonchev–Trinajstić information content (AvgIpc) is 2.47. The molecule has 0 radical (unpaired) electrons. The van der Waals surface area contributed by atoms with Gasteiger partial charge in [0.2, 0.25) is 11.6 Å². The molecule has 0 fully saturated rings. The van der Waals surface area contributed by atoms with Crippen LogP contribution in [-0.2, 0) is 17.9 Å². The van der Waals surface area contributed by atoms with Crippen molar-refractivity contribution in [2.24, 2.45) is 0 Å². The van der Waals surface area contributed by atoms with Crippen LogP contribution in [-0.4, -0.2) is 12.1 Å². The maximum Gasteiger partial charge on any atom is 0.253 e. The predicted octanol–water partition coefficient (Wildman–Crippen LogP) is 3.40. The van der Waals surface area contributed by atoms with Gasteiger partial charge in [-0.3, -0.25) is 0 Å². The lowest BCUT2D eigenvalue weighted by molar-refractivity contribution is 0.184. The highest BCUT2D eigenvalue weighted by molar-refractivity contribution is 5.46. The third-order valence-corrected chi connectivity index (χ3v) is 2.87. The molecule has 1 N–H and O–H groups in total. The van der Waals surface area contributed by atoms with Gasteiger partial charge < -0.3 is 10.1 Å². The molecule has 0 saturated heterocycles. The van der Waals surface area contributed by atoms with Crippen LogP contribution in [0.3, 0.4) is 0 Å². The minimum absolute atomic E-state index is 0.0176. The number of aromatic nitrogens is 1. The summed E-state index contributed by atoms with van der Waals surface area (Å²) in [4.78, 5) is 2.49. The van der Waals surface area contributed by atoms with E-state index in [-0.39, 0.29) is 6.54 Å². The summed E-state index contributed by atoms with van der Waals surface area (Å²) in [6.07, 6.45) is 0. The summed E-state index contributed by atoms with van der Waals surface area (Å²) >= 11 is 0. The molecule has 0 saturated carbocycles. The van der Waals surface area contributed by atoms with E-state index in [0.29, 0.717) is 12.2 Å². The van der Waals surface area contributed by atoms with E-state index in [1.54, 1.807) is 24.3 Å². The van der Waals surface area contributed by atoms with Gasteiger partial charge in [-0.25, -0.2) is 0 Å². The van der Waals surface area contributed by atoms with Crippen LogP contribution in [0.15, 0.2) is 24.3 Å². The van der Waals surface area contributed by atoms with E-state index in [1.165, 1.54) is 7.11 Å². The molecule has 1 aromatic heterocycles. The zero-order valence-electron chi connectivity index (χ0n) is 11.1. The van der Waals surface area contributed by atoms with Crippen molar-refractivity contribution in [3.8, 4) is 0 Å². The third kappa shape index (κ3) is 3.30. The Hall–Kier alpha value is -2.15. The van der Waals surface area contributed by atoms with Gasteiger partial charge in [-0.05, 0) is 11.1 Å². The minimum Gasteiger partial charge on any atom is -0.380 e. The molecule has 2 rings (SSSR count). The molecule has 0 amide bonds. The molecule has 0 aliphatic heterocycles. The second-order valence-electron chi connectivity index (χ2n) is 4.25. The van der Waals surface area contributed by atoms with Crippen LogP contribution in [0, 0.1) is 23.5 Å². The second kappa shape index (κ2) is 6.53. The molecule has 7 heteroatoms. The Morgan fingerprint density at radius 1 is 1.00 bits per heavy atom. The fourth-order valence-electron chi connectivity index (χ4n) is 1.85. The number of methoxy groups -OCH3 is 1. The summed E-state index contributed by atoms with van der Waals surface area (Å²) in [7, 11) is 1.51. The Morgan fingerprint density at radius 2 is 1.57 bits per heavy atom. The lowest BCUT2D eigenvalue weighted by Crippen LogP contribution is -2.10. The Balaban J connectivity index is 2.25. The zero-order valence-corrected chi connectivity index (χ0v) is 11.1. The maximum atomic E-state index is 13.5. The Kier molecular flexibility index (Phi) is 4.74. The first kappa shape index (κ1) is 15.2. The summed E-state index contributed by atoms with van der Waals surface area (Å²) in [6, 6.07) is 7.01. The smallest absolute Gasteiger partial charge is 0.253 e. The second-order valence-corrected chi connectivity index (χ2v) is 4.25. The molecule has 0 spiro atoms. The average molecular weight is 300 g/mol. The molecule has 1 heterocycles. The van der Waals surface area contributed by atoms with Crippen molar-refractivity contribution in [3.63, 3.8) is 0 Å². The van der Waals surface area contributed by atoms with E-state index < -0.39 is 29.2 Å². The van der Waals surface area contributed by atoms with E-state index in [2.05, 4.69) is 10.3 Å². The highest BCUT2D eigenvalue weighted by Crippen LogP contribution is 2.23. The van der Waals surface area contributed by atoms with Crippen molar-refractivity contribution in [3.05, 3.63) is 58.9 Å². The number of hydrogen-bond donors (Lipinski definition) is 1. The molecule has 112 valence electrons. The van der Waals surface area contributed by atoms with Crippen LogP contribution in [0.4, 0.5) is 23.2 Å². The number of nitrogens with one attached hydrogen (secondary N) is 1. The summed E-state index contributed by atoms with van der Waals surface area (Å²) < 4.78 is 57.9. The molecule has 0 aliphatic rings. The van der Waals surface area contributed by atoms with Crippen molar-refractivity contribution in [2.75, 3.05) is 12.4 Å². The van der Waals surface area contributed by atoms with Crippen LogP contribution in [0.5, 0.6) is 0 Å². The molecule has 0 unspecified atom stereocenters. The first-order valence-electron chi connectivity index (χ1n) is 6.04. The number of anilines is 1. The monoisotopic (exact) mass is 300 g/mol. The van der Waals surface area contributed by atoms with E-state index >= 15 is 0 Å². The summed E-state index contributed by atoms with van der Waals surface area (Å²) in [5.41, 5.74) is 0.603. The molecule has 0 bridgehead atoms. The van der Waals surface area contributed by atoms with Gasteiger partial charge in [-0.2, -0.15) is 22.5 Å². The Morgan fingerprint density at radius 3 is 2.14 bits per heavy atom. The van der Waals surface area contributed by atoms with Gasteiger partial charge in [0, 0.05) is 13.7 Å². The fourth-order valence-corrected chi connectivity index (χ4v) is 1.85. The first-order chi connectivity index (χ1) is 10.0. The van der Waals surface area contributed by atoms with Crippen molar-refractivity contribution < 1.29 is 22.3 Å². The quantitative estimate of drug-likeness (QED) is 0.679. The summed E-state index contributed by atoms with van der Waals surface area (Å²) in [5, 5.41) is 2.35. The van der Waals surface area contributed by atoms with Crippen LogP contribution in [0.2, 0.25) is 0 Å². The van der Waals surface area contributed by atoms with Crippen molar-refractivity contribution >= 4 is 5.69 Å². The molecular formula is C14H12F4N2O. The summed E-state index contributed by atoms with van der Waals surface area (Å²) in [6.45, 7) is 0.290. The highest BCUT2D eigenvalue weighted by atomic mass is 19.2. The van der Waals surface area contributed by atoms with Gasteiger partial charge in [0.05, 0.1) is 6.61 Å². The van der Waals surface area contributed by atoms with Gasteiger partial charge in [0.25, 0.3) is 11.9 Å². The van der Waals surface area contributed by atoms with Crippen molar-refractivity contribution in [1.82, 2.24) is 4.98 Å². The number of rotatable bonds is 5. The number of hydrogen-bond acceptors (Lipinski definition) is 3.